The Balaban J connectivity index is 1.01. The second-order valence-electron chi connectivity index (χ2n) is 19.9. The summed E-state index contributed by atoms with van der Waals surface area (Å²) in [6, 6.07) is -1.08. The van der Waals surface area contributed by atoms with Crippen molar-refractivity contribution in [3.05, 3.63) is 0 Å². The number of amides is 6. The lowest BCUT2D eigenvalue weighted by Crippen LogP contribution is -2.68. The van der Waals surface area contributed by atoms with Gasteiger partial charge in [-0.15, -0.1) is 0 Å². The second-order valence-corrected chi connectivity index (χ2v) is 19.9. The predicted molar refractivity (Wildman–Crippen MR) is 216 cm³/mol. The highest BCUT2D eigenvalue weighted by Gasteiger charge is 2.62. The van der Waals surface area contributed by atoms with Gasteiger partial charge >= 0.3 is 24.0 Å². The molecule has 16 nitrogen and oxygen atoms in total. The summed E-state index contributed by atoms with van der Waals surface area (Å²) in [7, 11) is 4.04. The lowest BCUT2D eigenvalue weighted by molar-refractivity contribution is -0.148. The van der Waals surface area contributed by atoms with E-state index in [1.807, 2.05) is 69.5 Å². The third-order valence-corrected chi connectivity index (χ3v) is 13.2. The zero-order chi connectivity index (χ0) is 43.5. The molecule has 0 saturated carbocycles. The number of carbonyl (C=O) groups is 6. The van der Waals surface area contributed by atoms with Gasteiger partial charge in [0.1, 0.15) is 36.5 Å². The zero-order valence-electron chi connectivity index (χ0n) is 36.8. The molecule has 4 aliphatic rings. The number of unbranched alkanes of at least 4 members (excludes halogenated alkanes) is 7. The van der Waals surface area contributed by atoms with Gasteiger partial charge in [-0.2, -0.15) is 0 Å². The van der Waals surface area contributed by atoms with Crippen molar-refractivity contribution in [2.45, 2.75) is 191 Å². The number of hydrogen-bond acceptors (Lipinski definition) is 12. The third-order valence-electron chi connectivity index (χ3n) is 13.2. The first kappa shape index (κ1) is 47.3. The van der Waals surface area contributed by atoms with E-state index in [1.54, 1.807) is 0 Å². The molecule has 4 fully saturated rings. The molecule has 58 heavy (non-hydrogen) atoms. The summed E-state index contributed by atoms with van der Waals surface area (Å²) >= 11 is 0. The molecular formula is C42H72N6O10. The highest BCUT2D eigenvalue weighted by atomic mass is 16.5. The molecule has 330 valence electrons. The third kappa shape index (κ3) is 10.9. The van der Waals surface area contributed by atoms with Crippen molar-refractivity contribution in [3.63, 3.8) is 0 Å². The first-order valence-corrected chi connectivity index (χ1v) is 21.2. The van der Waals surface area contributed by atoms with E-state index in [0.717, 1.165) is 48.3 Å². The van der Waals surface area contributed by atoms with Crippen molar-refractivity contribution in [2.75, 3.05) is 40.4 Å². The van der Waals surface area contributed by atoms with Crippen LogP contribution in [0.4, 0.5) is 9.59 Å². The van der Waals surface area contributed by atoms with Gasteiger partial charge in [0.15, 0.2) is 0 Å². The van der Waals surface area contributed by atoms with Crippen LogP contribution in [0.25, 0.3) is 0 Å². The van der Waals surface area contributed by atoms with Crippen LogP contribution in [0.2, 0.25) is 0 Å². The minimum atomic E-state index is -1.19. The van der Waals surface area contributed by atoms with Crippen molar-refractivity contribution in [1.29, 1.82) is 0 Å². The minimum Gasteiger partial charge on any atom is -0.463 e. The number of nitrogens with one attached hydrogen (secondary N) is 2. The Morgan fingerprint density at radius 2 is 0.828 bits per heavy atom. The SMILES string of the molecule is CN1C(C)(C)CC2(CC1(C)C)NC(=O)N(CC(O)COC(=O)CCCCCCCCCCC(=O)OCC(O)CN1C(=O)NC3(CC(C)(C)N(C)C(C)(C)C3)C1=O)C2=O. The van der Waals surface area contributed by atoms with Crippen LogP contribution in [0.1, 0.15) is 145 Å². The molecule has 2 atom stereocenters. The molecule has 2 spiro atoms. The minimum absolute atomic E-state index is 0.213. The number of nitrogens with zero attached hydrogens (tertiary/aromatic N) is 4. The summed E-state index contributed by atoms with van der Waals surface area (Å²) in [5.74, 6) is -1.58. The number of urea groups is 2. The lowest BCUT2D eigenvalue weighted by Gasteiger charge is -2.56. The highest BCUT2D eigenvalue weighted by Crippen LogP contribution is 2.46. The monoisotopic (exact) mass is 821 g/mol. The van der Waals surface area contributed by atoms with Crippen molar-refractivity contribution >= 4 is 35.8 Å². The molecule has 0 aliphatic carbocycles. The number of imide groups is 2. The number of esters is 2. The summed E-state index contributed by atoms with van der Waals surface area (Å²) in [4.78, 5) is 83.9. The molecule has 0 aromatic carbocycles. The van der Waals surface area contributed by atoms with Gasteiger partial charge in [0.25, 0.3) is 11.8 Å². The van der Waals surface area contributed by atoms with E-state index in [1.165, 1.54) is 0 Å². The molecule has 0 radical (unpaired) electrons. The molecule has 6 amide bonds. The summed E-state index contributed by atoms with van der Waals surface area (Å²) < 4.78 is 10.5. The molecule has 0 aromatic rings. The molecular weight excluding hydrogens is 748 g/mol. The fourth-order valence-corrected chi connectivity index (χ4v) is 10.0. The van der Waals surface area contributed by atoms with Crippen LogP contribution < -0.4 is 10.6 Å². The molecule has 0 bridgehead atoms. The predicted octanol–water partition coefficient (Wildman–Crippen LogP) is 3.84. The first-order valence-electron chi connectivity index (χ1n) is 21.2. The van der Waals surface area contributed by atoms with E-state index < -0.39 is 47.3 Å². The van der Waals surface area contributed by atoms with Crippen molar-refractivity contribution < 1.29 is 48.5 Å². The van der Waals surface area contributed by atoms with E-state index in [4.69, 9.17) is 9.47 Å². The Hall–Kier alpha value is -3.34. The van der Waals surface area contributed by atoms with E-state index in [-0.39, 0.29) is 73.1 Å². The molecule has 4 heterocycles. The average molecular weight is 821 g/mol. The van der Waals surface area contributed by atoms with E-state index in [9.17, 15) is 39.0 Å². The topological polar surface area (TPSA) is 198 Å². The highest BCUT2D eigenvalue weighted by molar-refractivity contribution is 6.08. The molecule has 2 unspecified atom stereocenters. The molecule has 4 rings (SSSR count). The number of aliphatic hydroxyl groups is 2. The van der Waals surface area contributed by atoms with Crippen LogP contribution >= 0.6 is 0 Å². The average Bonchev–Trinajstić information content (AvgIpc) is 3.45. The Kier molecular flexibility index (Phi) is 14.8. The maximum absolute atomic E-state index is 13.5. The number of carbonyl (C=O) groups excluding carboxylic acids is 6. The van der Waals surface area contributed by atoms with Gasteiger partial charge in [0.2, 0.25) is 0 Å². The fourth-order valence-electron chi connectivity index (χ4n) is 10.0. The number of likely N-dealkylation sites (tertiary alicyclic amines) is 2. The summed E-state index contributed by atoms with van der Waals surface area (Å²) in [6.45, 7) is 15.3. The Morgan fingerprint density at radius 1 is 0.552 bits per heavy atom. The maximum Gasteiger partial charge on any atom is 0.325 e. The number of aliphatic hydroxyl groups excluding tert-OH is 2. The van der Waals surface area contributed by atoms with Gasteiger partial charge < -0.3 is 30.3 Å². The van der Waals surface area contributed by atoms with Crippen LogP contribution in [0.15, 0.2) is 0 Å². The van der Waals surface area contributed by atoms with Gasteiger partial charge in [-0.05, 0) is 108 Å². The molecule has 4 aliphatic heterocycles. The van der Waals surface area contributed by atoms with Crippen LogP contribution in [0.5, 0.6) is 0 Å². The van der Waals surface area contributed by atoms with Crippen molar-refractivity contribution in [2.24, 2.45) is 0 Å². The van der Waals surface area contributed by atoms with Crippen LogP contribution in [0, 0.1) is 0 Å². The quantitative estimate of drug-likeness (QED) is 0.0836. The van der Waals surface area contributed by atoms with Crippen LogP contribution in [0.3, 0.4) is 0 Å². The van der Waals surface area contributed by atoms with Crippen LogP contribution in [-0.4, -0.2) is 151 Å². The number of rotatable bonds is 19. The Morgan fingerprint density at radius 3 is 1.12 bits per heavy atom. The molecule has 4 saturated heterocycles. The van der Waals surface area contributed by atoms with Gasteiger partial charge in [0.05, 0.1) is 13.1 Å². The number of β-amino-alcohol motifs (C(OH)–C–C–N with tert-alkyl or cyclic N) is 2. The van der Waals surface area contributed by atoms with Crippen molar-refractivity contribution in [1.82, 2.24) is 30.2 Å². The van der Waals surface area contributed by atoms with E-state index >= 15 is 0 Å². The largest absolute Gasteiger partial charge is 0.463 e. The van der Waals surface area contributed by atoms with E-state index in [0.29, 0.717) is 38.5 Å². The van der Waals surface area contributed by atoms with Crippen molar-refractivity contribution in [3.8, 4) is 0 Å². The standard InChI is InChI=1S/C42H72N6O10/c1-37(2)25-41(26-38(3,4)45(37)9)33(53)47(35(55)43-41)21-29(49)23-57-31(51)19-17-15-13-11-12-14-16-18-20-32(52)58-24-30(50)22-48-34(54)42(44-36(48)56)27-39(5,6)46(10)40(7,8)28-42/h29-30,49-50H,11-28H2,1-10H3,(H,43,55)(H,44,56). The Labute approximate surface area is 345 Å². The lowest BCUT2D eigenvalue weighted by atomic mass is 9.69. The zero-order valence-corrected chi connectivity index (χ0v) is 36.8. The summed E-state index contributed by atoms with van der Waals surface area (Å²) in [5, 5.41) is 26.9. The van der Waals surface area contributed by atoms with Gasteiger partial charge in [-0.1, -0.05) is 38.5 Å². The Bertz CT molecular complexity index is 1400. The second kappa shape index (κ2) is 18.1. The number of hydrogen-bond donors (Lipinski definition) is 4. The number of ether oxygens (including phenoxy) is 2. The van der Waals surface area contributed by atoms with Gasteiger partial charge in [0, 0.05) is 35.0 Å². The maximum atomic E-state index is 13.5. The van der Waals surface area contributed by atoms with E-state index in [2.05, 4.69) is 20.4 Å². The smallest absolute Gasteiger partial charge is 0.325 e. The van der Waals surface area contributed by atoms with Crippen LogP contribution in [-0.2, 0) is 28.7 Å². The van der Waals surface area contributed by atoms with Gasteiger partial charge in [-0.3, -0.25) is 38.8 Å². The first-order chi connectivity index (χ1) is 26.8. The summed E-state index contributed by atoms with van der Waals surface area (Å²) in [6.07, 6.45) is 6.67. The molecule has 16 heteroatoms. The normalized spacial score (nSPS) is 24.2. The number of piperidine rings is 2. The molecule has 0 aromatic heterocycles. The van der Waals surface area contributed by atoms with Gasteiger partial charge in [-0.25, -0.2) is 9.59 Å². The summed E-state index contributed by atoms with van der Waals surface area (Å²) in [5.41, 5.74) is -3.42. The fraction of sp³-hybridized carbons (Fsp3) is 0.857. The molecule has 4 N–H and O–H groups in total.